The molecule has 0 atom stereocenters. The maximum Gasteiger partial charge on any atom is 0.337 e. The van der Waals surface area contributed by atoms with Crippen LogP contribution in [0.1, 0.15) is 15.9 Å². The van der Waals surface area contributed by atoms with Crippen LogP contribution in [0.25, 0.3) is 6.08 Å². The molecule has 2 aromatic carbocycles. The topological polar surface area (TPSA) is 83.1 Å². The first-order valence-corrected chi connectivity index (χ1v) is 8.26. The second-order valence-corrected chi connectivity index (χ2v) is 5.64. The predicted octanol–water partition coefficient (Wildman–Crippen LogP) is 2.90. The van der Waals surface area contributed by atoms with Crippen molar-refractivity contribution < 1.29 is 28.5 Å². The summed E-state index contributed by atoms with van der Waals surface area (Å²) in [6, 6.07) is 9.97. The molecule has 3 rings (SSSR count). The van der Waals surface area contributed by atoms with Gasteiger partial charge in [-0.3, -0.25) is 4.79 Å². The minimum Gasteiger partial charge on any atom is -0.493 e. The molecule has 0 radical (unpaired) electrons. The van der Waals surface area contributed by atoms with Gasteiger partial charge in [0.05, 0.1) is 19.8 Å². The monoisotopic (exact) mass is 369 g/mol. The molecular formula is C20H19NO6. The van der Waals surface area contributed by atoms with Crippen molar-refractivity contribution in [1.29, 1.82) is 0 Å². The summed E-state index contributed by atoms with van der Waals surface area (Å²) >= 11 is 0. The second kappa shape index (κ2) is 8.27. The summed E-state index contributed by atoms with van der Waals surface area (Å²) in [5.74, 6) is 0.954. The lowest BCUT2D eigenvalue weighted by Crippen LogP contribution is -2.16. The minimum atomic E-state index is -0.430. The van der Waals surface area contributed by atoms with E-state index in [1.54, 1.807) is 49.6 Å². The molecule has 1 N–H and O–H groups in total. The molecule has 0 fully saturated rings. The third kappa shape index (κ3) is 4.38. The number of carbonyl (C=O) groups is 2. The van der Waals surface area contributed by atoms with Gasteiger partial charge in [-0.2, -0.15) is 0 Å². The van der Waals surface area contributed by atoms with Crippen molar-refractivity contribution in [3.8, 4) is 17.2 Å². The highest BCUT2D eigenvalue weighted by Crippen LogP contribution is 2.40. The van der Waals surface area contributed by atoms with Crippen LogP contribution >= 0.6 is 0 Å². The molecule has 0 spiro atoms. The zero-order valence-electron chi connectivity index (χ0n) is 15.0. The molecule has 0 aromatic heterocycles. The molecule has 2 aromatic rings. The zero-order valence-corrected chi connectivity index (χ0v) is 15.0. The number of esters is 1. The number of fused-ring (bicyclic) bond motifs is 1. The van der Waals surface area contributed by atoms with E-state index in [0.29, 0.717) is 41.7 Å². The summed E-state index contributed by atoms with van der Waals surface area (Å²) in [5, 5.41) is 2.72. The minimum absolute atomic E-state index is 0.310. The maximum absolute atomic E-state index is 12.1. The number of rotatable bonds is 5. The number of nitrogens with one attached hydrogen (secondary N) is 1. The van der Waals surface area contributed by atoms with Crippen molar-refractivity contribution in [3.63, 3.8) is 0 Å². The summed E-state index contributed by atoms with van der Waals surface area (Å²) < 4.78 is 21.1. The van der Waals surface area contributed by atoms with Crippen LogP contribution in [0.15, 0.2) is 42.5 Å². The lowest BCUT2D eigenvalue weighted by atomic mass is 10.1. The Labute approximate surface area is 156 Å². The quantitative estimate of drug-likeness (QED) is 0.645. The predicted molar refractivity (Wildman–Crippen MR) is 99.4 cm³/mol. The Bertz CT molecular complexity index is 856. The Kier molecular flexibility index (Phi) is 5.61. The van der Waals surface area contributed by atoms with E-state index >= 15 is 0 Å². The molecule has 1 amide bonds. The van der Waals surface area contributed by atoms with Gasteiger partial charge in [-0.25, -0.2) is 4.79 Å². The zero-order chi connectivity index (χ0) is 19.2. The Hall–Kier alpha value is -3.48. The summed E-state index contributed by atoms with van der Waals surface area (Å²) in [5.41, 5.74) is 1.72. The van der Waals surface area contributed by atoms with Crippen LogP contribution in [-0.2, 0) is 9.53 Å². The average molecular weight is 369 g/mol. The van der Waals surface area contributed by atoms with E-state index in [1.807, 2.05) is 0 Å². The lowest BCUT2D eigenvalue weighted by Gasteiger charge is -2.20. The van der Waals surface area contributed by atoms with Gasteiger partial charge in [-0.1, -0.05) is 0 Å². The van der Waals surface area contributed by atoms with Crippen molar-refractivity contribution in [2.75, 3.05) is 32.8 Å². The summed E-state index contributed by atoms with van der Waals surface area (Å²) in [7, 11) is 2.86. The fourth-order valence-corrected chi connectivity index (χ4v) is 2.55. The maximum atomic E-state index is 12.1. The number of benzene rings is 2. The average Bonchev–Trinajstić information content (AvgIpc) is 2.71. The molecule has 1 heterocycles. The first-order chi connectivity index (χ1) is 13.1. The van der Waals surface area contributed by atoms with Gasteiger partial charge < -0.3 is 24.3 Å². The van der Waals surface area contributed by atoms with Gasteiger partial charge in [0, 0.05) is 11.8 Å². The highest BCUT2D eigenvalue weighted by Gasteiger charge is 2.17. The van der Waals surface area contributed by atoms with Crippen LogP contribution in [0.5, 0.6) is 17.2 Å². The fourth-order valence-electron chi connectivity index (χ4n) is 2.55. The number of carbonyl (C=O) groups excluding carboxylic acids is 2. The van der Waals surface area contributed by atoms with Crippen molar-refractivity contribution in [2.45, 2.75) is 0 Å². The number of ether oxygens (including phenoxy) is 4. The molecule has 1 aliphatic heterocycles. The van der Waals surface area contributed by atoms with Gasteiger partial charge in [0.2, 0.25) is 11.7 Å². The van der Waals surface area contributed by atoms with E-state index in [4.69, 9.17) is 14.2 Å². The normalized spacial score (nSPS) is 12.5. The largest absolute Gasteiger partial charge is 0.493 e. The van der Waals surface area contributed by atoms with Gasteiger partial charge in [0.15, 0.2) is 11.5 Å². The Morgan fingerprint density at radius 1 is 1.07 bits per heavy atom. The van der Waals surface area contributed by atoms with Crippen molar-refractivity contribution in [3.05, 3.63) is 53.6 Å². The molecule has 0 saturated heterocycles. The molecule has 140 valence electrons. The number of hydrogen-bond acceptors (Lipinski definition) is 6. The Morgan fingerprint density at radius 2 is 1.81 bits per heavy atom. The highest BCUT2D eigenvalue weighted by molar-refractivity contribution is 6.02. The van der Waals surface area contributed by atoms with Crippen LogP contribution in [0.2, 0.25) is 0 Å². The fraction of sp³-hybridized carbons (Fsp3) is 0.200. The summed E-state index contributed by atoms with van der Waals surface area (Å²) in [6.07, 6.45) is 3.05. The Balaban J connectivity index is 1.69. The van der Waals surface area contributed by atoms with E-state index in [9.17, 15) is 9.59 Å². The van der Waals surface area contributed by atoms with Crippen LogP contribution < -0.4 is 19.5 Å². The number of methoxy groups -OCH3 is 2. The van der Waals surface area contributed by atoms with Crippen molar-refractivity contribution >= 4 is 23.6 Å². The molecule has 0 unspecified atom stereocenters. The highest BCUT2D eigenvalue weighted by atomic mass is 16.6. The van der Waals surface area contributed by atoms with Crippen LogP contribution in [0.4, 0.5) is 5.69 Å². The molecule has 0 saturated carbocycles. The molecular weight excluding hydrogens is 350 g/mol. The molecule has 7 nitrogen and oxygen atoms in total. The number of anilines is 1. The van der Waals surface area contributed by atoms with Crippen LogP contribution in [0, 0.1) is 0 Å². The number of hydrogen-bond donors (Lipinski definition) is 1. The van der Waals surface area contributed by atoms with E-state index in [0.717, 1.165) is 5.56 Å². The SMILES string of the molecule is COC(=O)c1ccc(NC(=O)/C=C/c2cc(OC)c3c(c2)OCCO3)cc1. The van der Waals surface area contributed by atoms with Gasteiger partial charge in [0.1, 0.15) is 13.2 Å². The summed E-state index contributed by atoms with van der Waals surface area (Å²) in [4.78, 5) is 23.5. The molecule has 0 aliphatic carbocycles. The van der Waals surface area contributed by atoms with Gasteiger partial charge in [0.25, 0.3) is 0 Å². The standard InChI is InChI=1S/C20H19NO6/c1-24-16-11-13(12-17-19(16)27-10-9-26-17)3-8-18(22)21-15-6-4-14(5-7-15)20(23)25-2/h3-8,11-12H,9-10H2,1-2H3,(H,21,22)/b8-3+. The van der Waals surface area contributed by atoms with E-state index < -0.39 is 5.97 Å². The van der Waals surface area contributed by atoms with Crippen molar-refractivity contribution in [1.82, 2.24) is 0 Å². The van der Waals surface area contributed by atoms with E-state index in [2.05, 4.69) is 10.1 Å². The molecule has 1 aliphatic rings. The smallest absolute Gasteiger partial charge is 0.337 e. The van der Waals surface area contributed by atoms with Gasteiger partial charge in [-0.15, -0.1) is 0 Å². The second-order valence-electron chi connectivity index (χ2n) is 5.64. The molecule has 7 heteroatoms. The van der Waals surface area contributed by atoms with Crippen LogP contribution in [-0.4, -0.2) is 39.3 Å². The first kappa shape index (κ1) is 18.3. The lowest BCUT2D eigenvalue weighted by molar-refractivity contribution is -0.111. The van der Waals surface area contributed by atoms with Gasteiger partial charge >= 0.3 is 5.97 Å². The molecule has 27 heavy (non-hydrogen) atoms. The number of amides is 1. The van der Waals surface area contributed by atoms with E-state index in [-0.39, 0.29) is 5.91 Å². The first-order valence-electron chi connectivity index (χ1n) is 8.26. The third-order valence-electron chi connectivity index (χ3n) is 3.85. The van der Waals surface area contributed by atoms with E-state index in [1.165, 1.54) is 13.2 Å². The molecule has 0 bridgehead atoms. The summed E-state index contributed by atoms with van der Waals surface area (Å²) in [6.45, 7) is 0.932. The van der Waals surface area contributed by atoms with Crippen LogP contribution in [0.3, 0.4) is 0 Å². The Morgan fingerprint density at radius 3 is 2.52 bits per heavy atom. The van der Waals surface area contributed by atoms with Crippen molar-refractivity contribution in [2.24, 2.45) is 0 Å². The van der Waals surface area contributed by atoms with Gasteiger partial charge in [-0.05, 0) is 48.0 Å². The third-order valence-corrected chi connectivity index (χ3v) is 3.85.